The van der Waals surface area contributed by atoms with Crippen molar-refractivity contribution in [2.75, 3.05) is 0 Å². The molecule has 0 fully saturated rings. The van der Waals surface area contributed by atoms with Crippen molar-refractivity contribution in [3.05, 3.63) is 50.2 Å². The van der Waals surface area contributed by atoms with Crippen LogP contribution in [0.5, 0.6) is 0 Å². The van der Waals surface area contributed by atoms with Crippen molar-refractivity contribution in [1.29, 1.82) is 5.26 Å². The molecule has 0 N–H and O–H groups in total. The SMILES string of the molecule is N#CCc1c(Cl)cncc1-c1ccc(Cl)c(Cl)c1Cl. The maximum atomic E-state index is 8.87. The molecule has 0 radical (unpaired) electrons. The molecule has 2 rings (SSSR count). The smallest absolute Gasteiger partial charge is 0.0784 e. The Kier molecular flexibility index (Phi) is 4.54. The largest absolute Gasteiger partial charge is 0.263 e. The maximum absolute atomic E-state index is 8.87. The van der Waals surface area contributed by atoms with Crippen LogP contribution < -0.4 is 0 Å². The van der Waals surface area contributed by atoms with Gasteiger partial charge in [-0.1, -0.05) is 52.5 Å². The van der Waals surface area contributed by atoms with E-state index in [1.165, 1.54) is 6.20 Å². The molecule has 0 bridgehead atoms. The lowest BCUT2D eigenvalue weighted by molar-refractivity contribution is 1.21. The molecule has 0 aliphatic rings. The predicted molar refractivity (Wildman–Crippen MR) is 79.0 cm³/mol. The highest BCUT2D eigenvalue weighted by atomic mass is 35.5. The summed E-state index contributed by atoms with van der Waals surface area (Å²) in [6.07, 6.45) is 3.25. The van der Waals surface area contributed by atoms with Gasteiger partial charge in [-0.2, -0.15) is 5.26 Å². The van der Waals surface area contributed by atoms with Gasteiger partial charge in [-0.25, -0.2) is 0 Å². The van der Waals surface area contributed by atoms with Crippen LogP contribution in [0.4, 0.5) is 0 Å². The summed E-state index contributed by atoms with van der Waals surface area (Å²) in [6.45, 7) is 0. The van der Waals surface area contributed by atoms with E-state index in [1.807, 2.05) is 0 Å². The summed E-state index contributed by atoms with van der Waals surface area (Å²) in [5.41, 5.74) is 1.99. The third kappa shape index (κ3) is 2.80. The van der Waals surface area contributed by atoms with Gasteiger partial charge in [0.15, 0.2) is 0 Å². The lowest BCUT2D eigenvalue weighted by atomic mass is 10.0. The molecule has 6 heteroatoms. The van der Waals surface area contributed by atoms with Gasteiger partial charge in [-0.05, 0) is 11.6 Å². The van der Waals surface area contributed by atoms with Crippen LogP contribution in [0.15, 0.2) is 24.5 Å². The topological polar surface area (TPSA) is 36.7 Å². The first-order valence-electron chi connectivity index (χ1n) is 5.19. The molecule has 0 aliphatic heterocycles. The fourth-order valence-electron chi connectivity index (χ4n) is 1.69. The van der Waals surface area contributed by atoms with Gasteiger partial charge in [-0.15, -0.1) is 0 Å². The van der Waals surface area contributed by atoms with Gasteiger partial charge in [0.25, 0.3) is 0 Å². The minimum absolute atomic E-state index is 0.160. The van der Waals surface area contributed by atoms with E-state index in [0.717, 1.165) is 0 Å². The van der Waals surface area contributed by atoms with Crippen LogP contribution in [-0.4, -0.2) is 4.98 Å². The quantitative estimate of drug-likeness (QED) is 0.688. The van der Waals surface area contributed by atoms with Crippen molar-refractivity contribution < 1.29 is 0 Å². The zero-order valence-electron chi connectivity index (χ0n) is 9.42. The first-order chi connectivity index (χ1) is 9.06. The third-order valence-electron chi connectivity index (χ3n) is 2.59. The van der Waals surface area contributed by atoms with Gasteiger partial charge in [0.1, 0.15) is 0 Å². The van der Waals surface area contributed by atoms with Crippen molar-refractivity contribution >= 4 is 46.4 Å². The summed E-state index contributed by atoms with van der Waals surface area (Å²) in [6, 6.07) is 5.43. The lowest BCUT2D eigenvalue weighted by Crippen LogP contribution is -1.93. The zero-order chi connectivity index (χ0) is 14.0. The molecule has 19 heavy (non-hydrogen) atoms. The lowest BCUT2D eigenvalue weighted by Gasteiger charge is -2.11. The number of benzene rings is 1. The molecule has 2 aromatic rings. The summed E-state index contributed by atoms with van der Waals surface area (Å²) < 4.78 is 0. The van der Waals surface area contributed by atoms with Gasteiger partial charge < -0.3 is 0 Å². The molecular formula is C13H6Cl4N2. The third-order valence-corrected chi connectivity index (χ3v) is 4.21. The maximum Gasteiger partial charge on any atom is 0.0784 e. The number of aromatic nitrogens is 1. The monoisotopic (exact) mass is 330 g/mol. The summed E-state index contributed by atoms with van der Waals surface area (Å²) in [5, 5.41) is 10.2. The van der Waals surface area contributed by atoms with Crippen molar-refractivity contribution in [2.24, 2.45) is 0 Å². The van der Waals surface area contributed by atoms with Gasteiger partial charge in [-0.3, -0.25) is 4.98 Å². The molecule has 0 saturated carbocycles. The first kappa shape index (κ1) is 14.4. The van der Waals surface area contributed by atoms with Gasteiger partial charge in [0.2, 0.25) is 0 Å². The highest BCUT2D eigenvalue weighted by Gasteiger charge is 2.15. The number of hydrogen-bond donors (Lipinski definition) is 0. The van der Waals surface area contributed by atoms with Gasteiger partial charge >= 0.3 is 0 Å². The molecule has 0 amide bonds. The average molecular weight is 332 g/mol. The number of hydrogen-bond acceptors (Lipinski definition) is 2. The minimum Gasteiger partial charge on any atom is -0.263 e. The van der Waals surface area contributed by atoms with Crippen LogP contribution in [0.3, 0.4) is 0 Å². The van der Waals surface area contributed by atoms with Crippen LogP contribution in [0, 0.1) is 11.3 Å². The number of rotatable bonds is 2. The van der Waals surface area contributed by atoms with E-state index < -0.39 is 0 Å². The molecule has 2 nitrogen and oxygen atoms in total. The fourth-order valence-corrected chi connectivity index (χ4v) is 2.55. The molecule has 0 saturated heterocycles. The Morgan fingerprint density at radius 1 is 0.947 bits per heavy atom. The molecule has 96 valence electrons. The van der Waals surface area contributed by atoms with Crippen LogP contribution in [0.25, 0.3) is 11.1 Å². The van der Waals surface area contributed by atoms with E-state index in [2.05, 4.69) is 11.1 Å². The van der Waals surface area contributed by atoms with E-state index in [-0.39, 0.29) is 11.4 Å². The summed E-state index contributed by atoms with van der Waals surface area (Å²) in [7, 11) is 0. The molecule has 0 spiro atoms. The number of pyridine rings is 1. The zero-order valence-corrected chi connectivity index (χ0v) is 12.4. The Hall–Kier alpha value is -0.980. The Balaban J connectivity index is 2.70. The first-order valence-corrected chi connectivity index (χ1v) is 6.70. The Labute approximate surface area is 130 Å². The Morgan fingerprint density at radius 2 is 1.68 bits per heavy atom. The molecule has 1 aromatic carbocycles. The van der Waals surface area contributed by atoms with E-state index in [0.29, 0.717) is 31.8 Å². The second-order valence-electron chi connectivity index (χ2n) is 3.71. The highest BCUT2D eigenvalue weighted by molar-refractivity contribution is 6.49. The van der Waals surface area contributed by atoms with Crippen LogP contribution in [0.2, 0.25) is 20.1 Å². The van der Waals surface area contributed by atoms with E-state index in [9.17, 15) is 0 Å². The van der Waals surface area contributed by atoms with Crippen molar-refractivity contribution in [2.45, 2.75) is 6.42 Å². The normalized spacial score (nSPS) is 10.3. The molecule has 0 aliphatic carbocycles. The number of nitrogens with zero attached hydrogens (tertiary/aromatic N) is 2. The van der Waals surface area contributed by atoms with Crippen molar-refractivity contribution in [1.82, 2.24) is 4.98 Å². The minimum atomic E-state index is 0.160. The Morgan fingerprint density at radius 3 is 2.37 bits per heavy atom. The van der Waals surface area contributed by atoms with Crippen molar-refractivity contribution in [3.63, 3.8) is 0 Å². The van der Waals surface area contributed by atoms with E-state index >= 15 is 0 Å². The molecular weight excluding hydrogens is 326 g/mol. The molecule has 0 unspecified atom stereocenters. The predicted octanol–water partition coefficient (Wildman–Crippen LogP) is 5.43. The Bertz CT molecular complexity index is 677. The highest BCUT2D eigenvalue weighted by Crippen LogP contribution is 2.40. The molecule has 1 aromatic heterocycles. The molecule has 0 atom stereocenters. The summed E-state index contributed by atoms with van der Waals surface area (Å²) >= 11 is 24.2. The molecule has 1 heterocycles. The number of halogens is 4. The summed E-state index contributed by atoms with van der Waals surface area (Å²) in [5.74, 6) is 0. The standard InChI is InChI=1S/C13H6Cl4N2/c14-10-2-1-8(12(16)13(10)17)9-5-19-6-11(15)7(9)3-4-18/h1-2,5-6H,3H2. The van der Waals surface area contributed by atoms with E-state index in [4.69, 9.17) is 51.7 Å². The summed E-state index contributed by atoms with van der Waals surface area (Å²) in [4.78, 5) is 4.02. The van der Waals surface area contributed by atoms with Crippen LogP contribution in [-0.2, 0) is 6.42 Å². The second-order valence-corrected chi connectivity index (χ2v) is 5.28. The van der Waals surface area contributed by atoms with Crippen LogP contribution >= 0.6 is 46.4 Å². The number of nitriles is 1. The van der Waals surface area contributed by atoms with Crippen molar-refractivity contribution in [3.8, 4) is 17.2 Å². The fraction of sp³-hybridized carbons (Fsp3) is 0.0769. The van der Waals surface area contributed by atoms with Crippen LogP contribution in [0.1, 0.15) is 5.56 Å². The average Bonchev–Trinajstić information content (AvgIpc) is 2.39. The van der Waals surface area contributed by atoms with Gasteiger partial charge in [0.05, 0.1) is 32.6 Å². The second kappa shape index (κ2) is 5.98. The van der Waals surface area contributed by atoms with E-state index in [1.54, 1.807) is 18.3 Å². The van der Waals surface area contributed by atoms with Gasteiger partial charge in [0, 0.05) is 23.5 Å².